The Hall–Kier alpha value is -1.55. The van der Waals surface area contributed by atoms with E-state index in [9.17, 15) is 4.79 Å². The van der Waals surface area contributed by atoms with E-state index in [1.165, 1.54) is 5.56 Å². The largest absolute Gasteiger partial charge is 0.481 e. The fourth-order valence-electron chi connectivity index (χ4n) is 2.91. The standard InChI is InChI=1S/C18H28N2O2/c1-6-19-7-9-20(10-8-19)18(21)16(5)22-17-12-13(2)11-14(3)15(17)4/h11-12,16H,6-10H2,1-5H3. The predicted octanol–water partition coefficient (Wildman–Crippen LogP) is 2.54. The van der Waals surface area contributed by atoms with E-state index in [0.717, 1.165) is 49.6 Å². The number of aryl methyl sites for hydroxylation is 2. The lowest BCUT2D eigenvalue weighted by atomic mass is 10.1. The van der Waals surface area contributed by atoms with E-state index < -0.39 is 6.10 Å². The summed E-state index contributed by atoms with van der Waals surface area (Å²) >= 11 is 0. The van der Waals surface area contributed by atoms with Gasteiger partial charge in [0.1, 0.15) is 5.75 Å². The number of piperazine rings is 1. The Labute approximate surface area is 134 Å². The van der Waals surface area contributed by atoms with Crippen LogP contribution in [0.4, 0.5) is 0 Å². The molecule has 1 atom stereocenters. The zero-order valence-electron chi connectivity index (χ0n) is 14.5. The van der Waals surface area contributed by atoms with Crippen LogP contribution in [0.3, 0.4) is 0 Å². The highest BCUT2D eigenvalue weighted by molar-refractivity contribution is 5.81. The third-order valence-corrected chi connectivity index (χ3v) is 4.55. The number of carbonyl (C=O) groups is 1. The van der Waals surface area contributed by atoms with Crippen LogP contribution in [0.1, 0.15) is 30.5 Å². The van der Waals surface area contributed by atoms with Crippen LogP contribution < -0.4 is 4.74 Å². The number of carbonyl (C=O) groups excluding carboxylic acids is 1. The first kappa shape index (κ1) is 16.8. The van der Waals surface area contributed by atoms with Gasteiger partial charge in [0.05, 0.1) is 0 Å². The Morgan fingerprint density at radius 3 is 2.41 bits per heavy atom. The van der Waals surface area contributed by atoms with E-state index in [1.54, 1.807) is 0 Å². The summed E-state index contributed by atoms with van der Waals surface area (Å²) in [7, 11) is 0. The van der Waals surface area contributed by atoms with Crippen molar-refractivity contribution in [1.29, 1.82) is 0 Å². The van der Waals surface area contributed by atoms with Gasteiger partial charge in [-0.25, -0.2) is 0 Å². The van der Waals surface area contributed by atoms with Crippen LogP contribution in [-0.2, 0) is 4.79 Å². The zero-order valence-corrected chi connectivity index (χ0v) is 14.5. The first-order valence-electron chi connectivity index (χ1n) is 8.18. The molecule has 1 aromatic rings. The van der Waals surface area contributed by atoms with Crippen molar-refractivity contribution in [3.8, 4) is 5.75 Å². The quantitative estimate of drug-likeness (QED) is 0.857. The number of rotatable bonds is 4. The van der Waals surface area contributed by atoms with E-state index >= 15 is 0 Å². The molecule has 4 nitrogen and oxygen atoms in total. The maximum absolute atomic E-state index is 12.6. The summed E-state index contributed by atoms with van der Waals surface area (Å²) < 4.78 is 5.97. The second-order valence-corrected chi connectivity index (χ2v) is 6.22. The maximum atomic E-state index is 12.6. The fourth-order valence-corrected chi connectivity index (χ4v) is 2.91. The molecule has 0 spiro atoms. The molecular formula is C18H28N2O2. The van der Waals surface area contributed by atoms with Gasteiger partial charge in [-0.2, -0.15) is 0 Å². The first-order chi connectivity index (χ1) is 10.4. The summed E-state index contributed by atoms with van der Waals surface area (Å²) in [5, 5.41) is 0. The van der Waals surface area contributed by atoms with Crippen molar-refractivity contribution in [1.82, 2.24) is 9.80 Å². The molecule has 122 valence electrons. The first-order valence-corrected chi connectivity index (χ1v) is 8.18. The minimum absolute atomic E-state index is 0.0920. The molecule has 0 aromatic heterocycles. The van der Waals surface area contributed by atoms with E-state index in [-0.39, 0.29) is 5.91 Å². The van der Waals surface area contributed by atoms with Gasteiger partial charge in [0, 0.05) is 26.2 Å². The number of nitrogens with zero attached hydrogens (tertiary/aromatic N) is 2. The van der Waals surface area contributed by atoms with Gasteiger partial charge in [0.2, 0.25) is 0 Å². The van der Waals surface area contributed by atoms with Gasteiger partial charge in [0.15, 0.2) is 6.10 Å². The second-order valence-electron chi connectivity index (χ2n) is 6.22. The molecule has 0 bridgehead atoms. The van der Waals surface area contributed by atoms with Crippen LogP contribution in [0.2, 0.25) is 0 Å². The monoisotopic (exact) mass is 304 g/mol. The number of hydrogen-bond acceptors (Lipinski definition) is 3. The minimum Gasteiger partial charge on any atom is -0.481 e. The van der Waals surface area contributed by atoms with Gasteiger partial charge in [-0.15, -0.1) is 0 Å². The topological polar surface area (TPSA) is 32.8 Å². The number of benzene rings is 1. The zero-order chi connectivity index (χ0) is 16.3. The molecule has 1 unspecified atom stereocenters. The Morgan fingerprint density at radius 2 is 1.82 bits per heavy atom. The molecule has 22 heavy (non-hydrogen) atoms. The number of hydrogen-bond donors (Lipinski definition) is 0. The third kappa shape index (κ3) is 3.80. The number of ether oxygens (including phenoxy) is 1. The summed E-state index contributed by atoms with van der Waals surface area (Å²) in [4.78, 5) is 16.9. The molecule has 1 heterocycles. The summed E-state index contributed by atoms with van der Waals surface area (Å²) in [5.41, 5.74) is 3.47. The maximum Gasteiger partial charge on any atom is 0.263 e. The molecule has 2 rings (SSSR count). The molecule has 0 aliphatic carbocycles. The molecule has 1 aliphatic rings. The Morgan fingerprint density at radius 1 is 1.18 bits per heavy atom. The van der Waals surface area contributed by atoms with Crippen molar-refractivity contribution in [2.45, 2.75) is 40.7 Å². The van der Waals surface area contributed by atoms with Gasteiger partial charge in [-0.3, -0.25) is 4.79 Å². The van der Waals surface area contributed by atoms with Gasteiger partial charge in [-0.05, 0) is 57.0 Å². The van der Waals surface area contributed by atoms with Crippen LogP contribution in [0.5, 0.6) is 5.75 Å². The van der Waals surface area contributed by atoms with Crippen molar-refractivity contribution >= 4 is 5.91 Å². The second kappa shape index (κ2) is 7.14. The van der Waals surface area contributed by atoms with Crippen LogP contribution in [-0.4, -0.2) is 54.5 Å². The Balaban J connectivity index is 2.00. The minimum atomic E-state index is -0.437. The van der Waals surface area contributed by atoms with Crippen molar-refractivity contribution < 1.29 is 9.53 Å². The molecule has 1 aromatic carbocycles. The number of likely N-dealkylation sites (N-methyl/N-ethyl adjacent to an activating group) is 1. The van der Waals surface area contributed by atoms with Crippen molar-refractivity contribution in [3.05, 3.63) is 28.8 Å². The molecule has 1 aliphatic heterocycles. The predicted molar refractivity (Wildman–Crippen MR) is 89.4 cm³/mol. The lowest BCUT2D eigenvalue weighted by Gasteiger charge is -2.35. The van der Waals surface area contributed by atoms with E-state index in [2.05, 4.69) is 31.7 Å². The summed E-state index contributed by atoms with van der Waals surface area (Å²) in [6.45, 7) is 14.7. The van der Waals surface area contributed by atoms with E-state index in [1.807, 2.05) is 24.8 Å². The highest BCUT2D eigenvalue weighted by Gasteiger charge is 2.25. The lowest BCUT2D eigenvalue weighted by Crippen LogP contribution is -2.51. The third-order valence-electron chi connectivity index (χ3n) is 4.55. The van der Waals surface area contributed by atoms with Crippen molar-refractivity contribution in [2.75, 3.05) is 32.7 Å². The van der Waals surface area contributed by atoms with Gasteiger partial charge < -0.3 is 14.5 Å². The van der Waals surface area contributed by atoms with E-state index in [4.69, 9.17) is 4.74 Å². The van der Waals surface area contributed by atoms with Crippen LogP contribution in [0.25, 0.3) is 0 Å². The van der Waals surface area contributed by atoms with Gasteiger partial charge in [-0.1, -0.05) is 13.0 Å². The Bertz CT molecular complexity index is 534. The molecule has 1 saturated heterocycles. The number of amides is 1. The fraction of sp³-hybridized carbons (Fsp3) is 0.611. The molecular weight excluding hydrogens is 276 g/mol. The smallest absolute Gasteiger partial charge is 0.263 e. The molecule has 4 heteroatoms. The van der Waals surface area contributed by atoms with Crippen molar-refractivity contribution in [3.63, 3.8) is 0 Å². The highest BCUT2D eigenvalue weighted by Crippen LogP contribution is 2.24. The molecule has 0 N–H and O–H groups in total. The summed E-state index contributed by atoms with van der Waals surface area (Å²) in [6, 6.07) is 4.15. The average molecular weight is 304 g/mol. The Kier molecular flexibility index (Phi) is 5.46. The summed E-state index contributed by atoms with van der Waals surface area (Å²) in [6.07, 6.45) is -0.437. The molecule has 0 saturated carbocycles. The van der Waals surface area contributed by atoms with Crippen LogP contribution in [0.15, 0.2) is 12.1 Å². The van der Waals surface area contributed by atoms with Crippen LogP contribution in [0, 0.1) is 20.8 Å². The van der Waals surface area contributed by atoms with E-state index in [0.29, 0.717) is 0 Å². The average Bonchev–Trinajstić information content (AvgIpc) is 2.51. The SMILES string of the molecule is CCN1CCN(C(=O)C(C)Oc2cc(C)cc(C)c2C)CC1. The normalized spacial score (nSPS) is 17.4. The van der Waals surface area contributed by atoms with Gasteiger partial charge >= 0.3 is 0 Å². The lowest BCUT2D eigenvalue weighted by molar-refractivity contribution is -0.139. The van der Waals surface area contributed by atoms with Crippen LogP contribution >= 0.6 is 0 Å². The summed E-state index contributed by atoms with van der Waals surface area (Å²) in [5.74, 6) is 0.917. The molecule has 1 amide bonds. The highest BCUT2D eigenvalue weighted by atomic mass is 16.5. The molecule has 1 fully saturated rings. The molecule has 0 radical (unpaired) electrons. The van der Waals surface area contributed by atoms with Crippen molar-refractivity contribution in [2.24, 2.45) is 0 Å². The van der Waals surface area contributed by atoms with Gasteiger partial charge in [0.25, 0.3) is 5.91 Å².